The summed E-state index contributed by atoms with van der Waals surface area (Å²) in [6, 6.07) is 44.1. The van der Waals surface area contributed by atoms with E-state index in [0.717, 1.165) is 0 Å². The molecule has 1 aliphatic heterocycles. The molecule has 0 amide bonds. The minimum absolute atomic E-state index is 0.456. The highest BCUT2D eigenvalue weighted by atomic mass is 33.9. The van der Waals surface area contributed by atoms with Crippen LogP contribution in [0.1, 0.15) is 0 Å². The van der Waals surface area contributed by atoms with Crippen LogP contribution in [0.25, 0.3) is 0 Å². The molecule has 2 unspecified atom stereocenters. The van der Waals surface area contributed by atoms with Gasteiger partial charge in [-0.25, -0.2) is 0 Å². The Bertz CT molecular complexity index is 1120. The van der Waals surface area contributed by atoms with Gasteiger partial charge in [0.1, 0.15) is 0 Å². The van der Waals surface area contributed by atoms with Crippen LogP contribution in [0.15, 0.2) is 141 Å². The minimum atomic E-state index is -2.39. The number of hydrogen-bond donors (Lipinski definition) is 0. The van der Waals surface area contributed by atoms with Gasteiger partial charge in [-0.2, -0.15) is 0 Å². The molecule has 0 radical (unpaired) electrons. The van der Waals surface area contributed by atoms with Gasteiger partial charge in [-0.05, 0) is 48.5 Å². The Labute approximate surface area is 177 Å². The first-order valence-corrected chi connectivity index (χ1v) is 18.1. The van der Waals surface area contributed by atoms with Gasteiger partial charge in [-0.3, -0.25) is 0 Å². The molecule has 0 saturated carbocycles. The number of hydrogen-bond acceptors (Lipinski definition) is 0. The molecule has 1 fully saturated rings. The molecule has 2 atom stereocenters. The molecule has 4 heteroatoms. The third-order valence-electron chi connectivity index (χ3n) is 5.72. The Morgan fingerprint density at radius 1 is 0.552 bits per heavy atom. The van der Waals surface area contributed by atoms with E-state index < -0.39 is 22.1 Å². The van der Waals surface area contributed by atoms with Crippen LogP contribution in [-0.4, -0.2) is 5.87 Å². The summed E-state index contributed by atoms with van der Waals surface area (Å²) in [6.45, 7) is 0. The monoisotopic (exact) mass is 450 g/mol. The average Bonchev–Trinajstić information content (AvgIpc) is 3.30. The van der Waals surface area contributed by atoms with E-state index in [1.165, 1.54) is 19.6 Å². The highest BCUT2D eigenvalue weighted by molar-refractivity contribution is 9.75. The summed E-state index contributed by atoms with van der Waals surface area (Å²) in [4.78, 5) is 5.74. The summed E-state index contributed by atoms with van der Waals surface area (Å²) < 4.78 is 0. The molecule has 0 N–H and O–H groups in total. The predicted octanol–water partition coefficient (Wildman–Crippen LogP) is 8.83. The number of benzene rings is 4. The molecule has 0 nitrogen and oxygen atoms in total. The fourth-order valence-electron chi connectivity index (χ4n) is 4.34. The Hall–Kier alpha value is -1.69. The summed E-state index contributed by atoms with van der Waals surface area (Å²) in [5.41, 5.74) is 0. The molecular weight excluding hydrogens is 426 g/mol. The highest BCUT2D eigenvalue weighted by Crippen LogP contribution is 3.39. The first-order valence-electron chi connectivity index (χ1n) is 9.54. The van der Waals surface area contributed by atoms with Crippen LogP contribution in [0.2, 0.25) is 0 Å². The second kappa shape index (κ2) is 6.93. The van der Waals surface area contributed by atoms with Gasteiger partial charge >= 0.3 is 0 Å². The molecule has 29 heavy (non-hydrogen) atoms. The molecule has 146 valence electrons. The van der Waals surface area contributed by atoms with Crippen molar-refractivity contribution in [3.8, 4) is 0 Å². The third-order valence-corrected chi connectivity index (χ3v) is 43.9. The van der Waals surface area contributed by atoms with Gasteiger partial charge in [-0.1, -0.05) is 87.6 Å². The van der Waals surface area contributed by atoms with E-state index in [9.17, 15) is 0 Å². The van der Waals surface area contributed by atoms with Gasteiger partial charge in [0.15, 0.2) is 0 Å². The maximum Gasteiger partial charge on any atom is 0.0240 e. The van der Waals surface area contributed by atoms with Crippen molar-refractivity contribution < 1.29 is 0 Å². The van der Waals surface area contributed by atoms with Crippen LogP contribution in [-0.2, 0) is 0 Å². The molecule has 5 rings (SSSR count). The SMILES string of the molecule is C=S1(c2ccccc2)(c2ccccc2)P(P)S1(c1ccccc1)c1ccccc1. The molecule has 1 heterocycles. The van der Waals surface area contributed by atoms with Crippen LogP contribution in [0, 0.1) is 0 Å². The fraction of sp³-hybridized carbons (Fsp3) is 0. The first-order chi connectivity index (χ1) is 14.2. The topological polar surface area (TPSA) is 0 Å². The minimum Gasteiger partial charge on any atom is -0.136 e. The lowest BCUT2D eigenvalue weighted by molar-refractivity contribution is 1.37. The summed E-state index contributed by atoms with van der Waals surface area (Å²) in [5, 5.41) is 0. The van der Waals surface area contributed by atoms with E-state index in [4.69, 9.17) is 5.87 Å². The van der Waals surface area contributed by atoms with Gasteiger partial charge in [0.05, 0.1) is 0 Å². The van der Waals surface area contributed by atoms with Crippen LogP contribution >= 0.6 is 31.0 Å². The van der Waals surface area contributed by atoms with Gasteiger partial charge in [0.2, 0.25) is 0 Å². The number of rotatable bonds is 4. The lowest BCUT2D eigenvalue weighted by atomic mass is 10.4. The molecule has 1 aliphatic rings. The molecule has 0 bridgehead atoms. The molecule has 0 aliphatic carbocycles. The van der Waals surface area contributed by atoms with E-state index in [1.54, 1.807) is 0 Å². The fourth-order valence-corrected chi connectivity index (χ4v) is 53.5. The molecule has 0 aromatic heterocycles. The van der Waals surface area contributed by atoms with Gasteiger partial charge in [0, 0.05) is 25.6 Å². The molecule has 1 saturated heterocycles. The molecular formula is C25H24P2S2. The van der Waals surface area contributed by atoms with E-state index in [-0.39, 0.29) is 0 Å². The first kappa shape index (κ1) is 19.3. The van der Waals surface area contributed by atoms with Gasteiger partial charge in [-0.15, -0.1) is 16.1 Å². The average molecular weight is 451 g/mol. The second-order valence-corrected chi connectivity index (χ2v) is 28.9. The van der Waals surface area contributed by atoms with Crippen molar-refractivity contribution in [3.63, 3.8) is 0 Å². The van der Waals surface area contributed by atoms with Crippen molar-refractivity contribution in [2.75, 3.05) is 0 Å². The summed E-state index contributed by atoms with van der Waals surface area (Å²) >= 11 is 0. The van der Waals surface area contributed by atoms with Crippen molar-refractivity contribution in [1.82, 2.24) is 0 Å². The standard InChI is InChI=1S/C25H24P2S2/c1-29(24-18-10-4-11-19-24,25-20-12-5-13-21-25)27(26)28(29,22-14-6-2-7-15-22)23-16-8-3-9-17-23/h2-21H,1,26H2. The quantitative estimate of drug-likeness (QED) is 0.126. The highest BCUT2D eigenvalue weighted by Gasteiger charge is 2.74. The van der Waals surface area contributed by atoms with E-state index in [1.807, 2.05) is 0 Å². The zero-order chi connectivity index (χ0) is 20.0. The zero-order valence-electron chi connectivity index (χ0n) is 16.1. The van der Waals surface area contributed by atoms with E-state index >= 15 is 0 Å². The lowest BCUT2D eigenvalue weighted by Gasteiger charge is -2.40. The second-order valence-electron chi connectivity index (χ2n) is 7.12. The normalized spacial score (nSPS) is 23.2. The largest absolute Gasteiger partial charge is 0.136 e. The van der Waals surface area contributed by atoms with Crippen LogP contribution in [0.5, 0.6) is 0 Å². The van der Waals surface area contributed by atoms with Crippen LogP contribution in [0.4, 0.5) is 0 Å². The van der Waals surface area contributed by atoms with Gasteiger partial charge in [0.25, 0.3) is 0 Å². The van der Waals surface area contributed by atoms with Crippen LogP contribution in [0.3, 0.4) is 0 Å². The zero-order valence-corrected chi connectivity index (χ0v) is 19.8. The summed E-state index contributed by atoms with van der Waals surface area (Å²) in [6.07, 6.45) is 0. The van der Waals surface area contributed by atoms with Crippen molar-refractivity contribution >= 4 is 36.9 Å². The maximum absolute atomic E-state index is 5.29. The van der Waals surface area contributed by atoms with E-state index in [0.29, 0.717) is 0 Å². The molecule has 4 aromatic rings. The maximum atomic E-state index is 5.29. The Morgan fingerprint density at radius 3 is 1.21 bits per heavy atom. The Kier molecular flexibility index (Phi) is 4.61. The Balaban J connectivity index is 1.96. The third kappa shape index (κ3) is 2.30. The molecule has 4 aromatic carbocycles. The van der Waals surface area contributed by atoms with Crippen molar-refractivity contribution in [1.29, 1.82) is 0 Å². The summed E-state index contributed by atoms with van der Waals surface area (Å²) in [7, 11) is -0.421. The van der Waals surface area contributed by atoms with Gasteiger partial charge < -0.3 is 0 Å². The van der Waals surface area contributed by atoms with Crippen LogP contribution < -0.4 is 0 Å². The molecule has 0 spiro atoms. The van der Waals surface area contributed by atoms with Crippen molar-refractivity contribution in [2.45, 2.75) is 19.6 Å². The van der Waals surface area contributed by atoms with Crippen molar-refractivity contribution in [2.24, 2.45) is 0 Å². The lowest BCUT2D eigenvalue weighted by Crippen LogP contribution is -1.97. The summed E-state index contributed by atoms with van der Waals surface area (Å²) in [5.74, 6) is 5.29. The predicted molar refractivity (Wildman–Crippen MR) is 138 cm³/mol. The van der Waals surface area contributed by atoms with Crippen molar-refractivity contribution in [3.05, 3.63) is 121 Å². The Morgan fingerprint density at radius 2 is 0.862 bits per heavy atom. The van der Waals surface area contributed by atoms with E-state index in [2.05, 4.69) is 130 Å². The smallest absolute Gasteiger partial charge is 0.0240 e.